The number of fused-ring (bicyclic) bond motifs is 1. The van der Waals surface area contributed by atoms with Gasteiger partial charge < -0.3 is 0 Å². The van der Waals surface area contributed by atoms with Crippen molar-refractivity contribution in [3.8, 4) is 11.4 Å². The molecule has 4 atom stereocenters. The van der Waals surface area contributed by atoms with Crippen molar-refractivity contribution in [2.75, 3.05) is 0 Å². The summed E-state index contributed by atoms with van der Waals surface area (Å²) in [4.78, 5) is 20.9. The highest BCUT2D eigenvalue weighted by atomic mass is 15.0. The minimum Gasteiger partial charge on any atom is -0.265 e. The molecule has 0 bridgehead atoms. The number of allylic oxidation sites excluding steroid dienone is 18. The number of nitrogens with zero attached hydrogens (tertiary/aromatic N) is 4. The van der Waals surface area contributed by atoms with Gasteiger partial charge in [0.2, 0.25) is 0 Å². The average molecular weight is 759 g/mol. The van der Waals surface area contributed by atoms with Gasteiger partial charge in [0.25, 0.3) is 0 Å². The molecular formula is C54H54N4. The summed E-state index contributed by atoms with van der Waals surface area (Å²) in [6.07, 6.45) is 50.1. The molecule has 0 fully saturated rings. The van der Waals surface area contributed by atoms with E-state index in [9.17, 15) is 0 Å². The van der Waals surface area contributed by atoms with Crippen molar-refractivity contribution in [1.29, 1.82) is 0 Å². The van der Waals surface area contributed by atoms with Crippen LogP contribution in [0.4, 0.5) is 0 Å². The van der Waals surface area contributed by atoms with Gasteiger partial charge in [-0.3, -0.25) is 4.99 Å². The Hall–Kier alpha value is -5.48. The molecule has 4 nitrogen and oxygen atoms in total. The van der Waals surface area contributed by atoms with E-state index >= 15 is 0 Å². The monoisotopic (exact) mass is 758 g/mol. The lowest BCUT2D eigenvalue weighted by Gasteiger charge is -2.32. The number of rotatable bonds is 8. The largest absolute Gasteiger partial charge is 0.265 e. The Balaban J connectivity index is 0.989. The first-order valence-corrected chi connectivity index (χ1v) is 22.1. The standard InChI is InChI=1S/C54H54N4/c1-4-13-37(14-5-1)39-23-29-44(30-24-39)52-56-53(45-31-25-40(26-32-45)38-15-6-2-7-16-38)58-54(57-52)46-33-27-42(28-34-46)50-36-55-51(43-18-8-3-9-19-43)35-49(50)48-22-12-20-41-17-10-11-21-47(41)48/h1,3-4,6,8,11-13,15,20-27,29-31,33,36,38,43,45,49H,2,5,7,9-10,14,16-19,28,32,34-35H2. The van der Waals surface area contributed by atoms with E-state index in [0.29, 0.717) is 17.8 Å². The summed E-state index contributed by atoms with van der Waals surface area (Å²) in [5, 5.41) is 0. The van der Waals surface area contributed by atoms with Crippen molar-refractivity contribution in [2.24, 2.45) is 16.8 Å². The summed E-state index contributed by atoms with van der Waals surface area (Å²) in [6, 6.07) is 15.9. The lowest BCUT2D eigenvalue weighted by molar-refractivity contribution is 0.595. The molecule has 58 heavy (non-hydrogen) atoms. The van der Waals surface area contributed by atoms with Crippen LogP contribution in [0.25, 0.3) is 28.6 Å². The van der Waals surface area contributed by atoms with Crippen LogP contribution in [0.2, 0.25) is 0 Å². The van der Waals surface area contributed by atoms with Crippen LogP contribution < -0.4 is 0 Å². The lowest BCUT2D eigenvalue weighted by Crippen LogP contribution is -2.23. The van der Waals surface area contributed by atoms with E-state index in [2.05, 4.69) is 134 Å². The maximum Gasteiger partial charge on any atom is 0.163 e. The van der Waals surface area contributed by atoms with Crippen LogP contribution in [0.1, 0.15) is 129 Å². The second kappa shape index (κ2) is 16.8. The summed E-state index contributed by atoms with van der Waals surface area (Å²) >= 11 is 0. The van der Waals surface area contributed by atoms with Gasteiger partial charge in [0, 0.05) is 41.1 Å². The quantitative estimate of drug-likeness (QED) is 0.215. The van der Waals surface area contributed by atoms with Gasteiger partial charge in [-0.25, -0.2) is 15.0 Å². The van der Waals surface area contributed by atoms with Crippen molar-refractivity contribution >= 4 is 22.9 Å². The summed E-state index contributed by atoms with van der Waals surface area (Å²) in [7, 11) is 0. The summed E-state index contributed by atoms with van der Waals surface area (Å²) in [6.45, 7) is 0. The van der Waals surface area contributed by atoms with Crippen LogP contribution in [0.3, 0.4) is 0 Å². The molecule has 0 saturated carbocycles. The molecule has 2 heterocycles. The topological polar surface area (TPSA) is 51.0 Å². The van der Waals surface area contributed by atoms with Gasteiger partial charge in [-0.2, -0.15) is 0 Å². The first-order chi connectivity index (χ1) is 28.7. The Bertz CT molecular complexity index is 2420. The number of aryl methyl sites for hydroxylation is 1. The van der Waals surface area contributed by atoms with Crippen LogP contribution in [-0.4, -0.2) is 20.7 Å². The maximum absolute atomic E-state index is 5.26. The number of aliphatic imine (C=N–C) groups is 1. The predicted molar refractivity (Wildman–Crippen MR) is 241 cm³/mol. The fourth-order valence-electron chi connectivity index (χ4n) is 10.1. The van der Waals surface area contributed by atoms with E-state index < -0.39 is 0 Å². The molecule has 4 heteroatoms. The third kappa shape index (κ3) is 7.74. The minimum atomic E-state index is 0.122. The summed E-state index contributed by atoms with van der Waals surface area (Å²) < 4.78 is 0. The first-order valence-electron chi connectivity index (χ1n) is 22.1. The molecule has 0 radical (unpaired) electrons. The van der Waals surface area contributed by atoms with E-state index in [-0.39, 0.29) is 5.92 Å². The van der Waals surface area contributed by atoms with Gasteiger partial charge in [-0.05, 0) is 140 Å². The van der Waals surface area contributed by atoms with Crippen LogP contribution in [-0.2, 0) is 6.42 Å². The molecule has 0 N–H and O–H groups in total. The summed E-state index contributed by atoms with van der Waals surface area (Å²) in [5.74, 6) is 3.92. The molecule has 6 aliphatic carbocycles. The molecule has 0 amide bonds. The molecule has 0 spiro atoms. The van der Waals surface area contributed by atoms with E-state index in [1.54, 1.807) is 0 Å². The normalized spacial score (nSPS) is 25.2. The van der Waals surface area contributed by atoms with E-state index in [0.717, 1.165) is 87.2 Å². The van der Waals surface area contributed by atoms with Crippen LogP contribution >= 0.6 is 0 Å². The molecule has 1 aromatic heterocycles. The molecule has 10 rings (SSSR count). The SMILES string of the molecule is C1=CCCC(c2ccc(-c3nc(C4=CC=C(C5=CN=C(C6CC=CCC6)CC5c5cccc6c5C=CCC6)CC4)nc(C4C=CC(C5C=CCCC5)=CC4)n3)cc2)=C1. The van der Waals surface area contributed by atoms with Crippen LogP contribution in [0, 0.1) is 11.8 Å². The predicted octanol–water partition coefficient (Wildman–Crippen LogP) is 13.5. The van der Waals surface area contributed by atoms with Crippen LogP contribution in [0.15, 0.2) is 149 Å². The Morgan fingerprint density at radius 3 is 2.28 bits per heavy atom. The second-order valence-electron chi connectivity index (χ2n) is 17.1. The van der Waals surface area contributed by atoms with Crippen molar-refractivity contribution < 1.29 is 0 Å². The zero-order valence-electron chi connectivity index (χ0n) is 33.7. The molecule has 290 valence electrons. The van der Waals surface area contributed by atoms with Gasteiger partial charge >= 0.3 is 0 Å². The Labute approximate surface area is 344 Å². The Morgan fingerprint density at radius 1 is 0.603 bits per heavy atom. The maximum atomic E-state index is 5.26. The second-order valence-corrected chi connectivity index (χ2v) is 17.1. The van der Waals surface area contributed by atoms with Crippen molar-refractivity contribution in [3.05, 3.63) is 178 Å². The Kier molecular flexibility index (Phi) is 10.7. The average Bonchev–Trinajstić information content (AvgIpc) is 3.32. The van der Waals surface area contributed by atoms with Crippen LogP contribution in [0.5, 0.6) is 0 Å². The van der Waals surface area contributed by atoms with E-state index in [1.807, 2.05) is 0 Å². The highest BCUT2D eigenvalue weighted by molar-refractivity contribution is 5.90. The van der Waals surface area contributed by atoms with Gasteiger partial charge in [-0.1, -0.05) is 128 Å². The smallest absolute Gasteiger partial charge is 0.163 e. The summed E-state index contributed by atoms with van der Waals surface area (Å²) in [5.41, 5.74) is 14.8. The molecule has 2 aromatic carbocycles. The van der Waals surface area contributed by atoms with Crippen molar-refractivity contribution in [1.82, 2.24) is 15.0 Å². The Morgan fingerprint density at radius 2 is 1.48 bits per heavy atom. The third-order valence-corrected chi connectivity index (χ3v) is 13.5. The number of aromatic nitrogens is 3. The fourth-order valence-corrected chi connectivity index (χ4v) is 10.1. The zero-order chi connectivity index (χ0) is 38.7. The highest BCUT2D eigenvalue weighted by Gasteiger charge is 2.31. The highest BCUT2D eigenvalue weighted by Crippen LogP contribution is 2.44. The molecule has 0 saturated heterocycles. The molecule has 7 aliphatic rings. The van der Waals surface area contributed by atoms with E-state index in [1.165, 1.54) is 81.5 Å². The first kappa shape index (κ1) is 36.8. The van der Waals surface area contributed by atoms with Gasteiger partial charge in [0.1, 0.15) is 5.82 Å². The number of benzene rings is 2. The molecule has 4 unspecified atom stereocenters. The van der Waals surface area contributed by atoms with Gasteiger partial charge in [0.15, 0.2) is 11.6 Å². The van der Waals surface area contributed by atoms with Crippen molar-refractivity contribution in [2.45, 2.75) is 102 Å². The van der Waals surface area contributed by atoms with Gasteiger partial charge in [-0.15, -0.1) is 0 Å². The molecule has 3 aromatic rings. The third-order valence-electron chi connectivity index (χ3n) is 13.5. The minimum absolute atomic E-state index is 0.122. The van der Waals surface area contributed by atoms with Crippen molar-refractivity contribution in [3.63, 3.8) is 0 Å². The number of hydrogen-bond donors (Lipinski definition) is 0. The van der Waals surface area contributed by atoms with E-state index in [4.69, 9.17) is 19.9 Å². The van der Waals surface area contributed by atoms with Gasteiger partial charge in [0.05, 0.1) is 0 Å². The lowest BCUT2D eigenvalue weighted by atomic mass is 9.74. The molecule has 1 aliphatic heterocycles. The number of hydrogen-bond acceptors (Lipinski definition) is 4. The fraction of sp³-hybridized carbons (Fsp3) is 0.333. The molecular weight excluding hydrogens is 705 g/mol. The zero-order valence-corrected chi connectivity index (χ0v) is 33.7.